The number of nitrogens with one attached hydrogen (secondary N) is 1. The molecule has 0 radical (unpaired) electrons. The number of hydrogen-bond acceptors (Lipinski definition) is 7. The number of amides is 1. The van der Waals surface area contributed by atoms with Crippen LogP contribution in [0.5, 0.6) is 0 Å². The van der Waals surface area contributed by atoms with Gasteiger partial charge < -0.3 is 10.2 Å². The maximum atomic E-state index is 12.5. The molecule has 1 aromatic carbocycles. The number of aromatic nitrogens is 5. The van der Waals surface area contributed by atoms with E-state index in [4.69, 9.17) is 0 Å². The van der Waals surface area contributed by atoms with Crippen molar-refractivity contribution in [3.63, 3.8) is 0 Å². The van der Waals surface area contributed by atoms with Crippen LogP contribution in [0.2, 0.25) is 0 Å². The predicted molar refractivity (Wildman–Crippen MR) is 125 cm³/mol. The lowest BCUT2D eigenvalue weighted by Crippen LogP contribution is -2.30. The summed E-state index contributed by atoms with van der Waals surface area (Å²) in [5, 5.41) is 9.01. The summed E-state index contributed by atoms with van der Waals surface area (Å²) in [5.41, 5.74) is 1.57. The maximum Gasteiger partial charge on any atom is 0.257 e. The average molecular weight is 452 g/mol. The molecule has 166 valence electrons. The smallest absolute Gasteiger partial charge is 0.257 e. The molecule has 1 N–H and O–H groups in total. The van der Waals surface area contributed by atoms with Gasteiger partial charge in [-0.25, -0.2) is 14.6 Å². The monoisotopic (exact) mass is 451 g/mol. The molecule has 0 spiro atoms. The third-order valence-electron chi connectivity index (χ3n) is 5.84. The average Bonchev–Trinajstić information content (AvgIpc) is 3.22. The van der Waals surface area contributed by atoms with Crippen LogP contribution in [0, 0.1) is 0 Å². The first-order valence-corrected chi connectivity index (χ1v) is 11.7. The molecule has 0 saturated carbocycles. The Bertz CT molecular complexity index is 1300. The van der Waals surface area contributed by atoms with E-state index in [0.29, 0.717) is 18.5 Å². The second-order valence-corrected chi connectivity index (χ2v) is 8.98. The standard InChI is InChI=1S/C22H25N7O2S/c30-19(14-29-18-8-4-3-7-16(18)22(31)32-29)23-9-12-28-21-17(13-26-28)20(24-15-25-21)27-10-5-1-2-6-11-27/h3-4,7-8,13,15H,1-2,5-6,9-12,14H2,(H,23,30). The fourth-order valence-corrected chi connectivity index (χ4v) is 5.16. The molecule has 0 atom stereocenters. The van der Waals surface area contributed by atoms with Crippen LogP contribution in [-0.4, -0.2) is 49.2 Å². The lowest BCUT2D eigenvalue weighted by Gasteiger charge is -2.21. The van der Waals surface area contributed by atoms with Crippen LogP contribution < -0.4 is 15.0 Å². The van der Waals surface area contributed by atoms with Crippen LogP contribution in [0.3, 0.4) is 0 Å². The first-order chi connectivity index (χ1) is 15.7. The third kappa shape index (κ3) is 4.10. The Morgan fingerprint density at radius 2 is 1.88 bits per heavy atom. The Morgan fingerprint density at radius 1 is 1.06 bits per heavy atom. The van der Waals surface area contributed by atoms with E-state index >= 15 is 0 Å². The SMILES string of the molecule is O=C(Cn1sc(=O)c2ccccc21)NCCn1ncc2c(N3CCCCCC3)ncnc21. The minimum Gasteiger partial charge on any atom is -0.356 e. The highest BCUT2D eigenvalue weighted by Crippen LogP contribution is 2.25. The molecule has 0 bridgehead atoms. The molecule has 1 amide bonds. The van der Waals surface area contributed by atoms with Crippen LogP contribution in [0.1, 0.15) is 25.7 Å². The maximum absolute atomic E-state index is 12.5. The molecular formula is C22H25N7O2S. The van der Waals surface area contributed by atoms with Crippen LogP contribution in [0.4, 0.5) is 5.82 Å². The number of hydrogen-bond donors (Lipinski definition) is 1. The van der Waals surface area contributed by atoms with Crippen molar-refractivity contribution in [2.75, 3.05) is 24.5 Å². The minimum absolute atomic E-state index is 0.0312. The molecule has 9 nitrogen and oxygen atoms in total. The van der Waals surface area contributed by atoms with Gasteiger partial charge in [0.15, 0.2) is 5.65 Å². The van der Waals surface area contributed by atoms with Gasteiger partial charge >= 0.3 is 0 Å². The predicted octanol–water partition coefficient (Wildman–Crippen LogP) is 2.40. The Morgan fingerprint density at radius 3 is 2.72 bits per heavy atom. The summed E-state index contributed by atoms with van der Waals surface area (Å²) in [6, 6.07) is 7.34. The summed E-state index contributed by atoms with van der Waals surface area (Å²) in [5.74, 6) is 0.805. The Labute approximate surface area is 188 Å². The van der Waals surface area contributed by atoms with Crippen molar-refractivity contribution in [1.29, 1.82) is 0 Å². The van der Waals surface area contributed by atoms with Gasteiger partial charge in [0.2, 0.25) is 5.91 Å². The van der Waals surface area contributed by atoms with Gasteiger partial charge in [-0.3, -0.25) is 13.5 Å². The quantitative estimate of drug-likeness (QED) is 0.483. The van der Waals surface area contributed by atoms with E-state index in [1.54, 1.807) is 16.4 Å². The molecule has 0 unspecified atom stereocenters. The molecule has 1 saturated heterocycles. The number of carbonyl (C=O) groups is 1. The highest BCUT2D eigenvalue weighted by atomic mass is 32.1. The van der Waals surface area contributed by atoms with Crippen molar-refractivity contribution in [2.24, 2.45) is 0 Å². The molecule has 10 heteroatoms. The summed E-state index contributed by atoms with van der Waals surface area (Å²) >= 11 is 1.07. The summed E-state index contributed by atoms with van der Waals surface area (Å²) in [4.78, 5) is 35.8. The second-order valence-electron chi connectivity index (χ2n) is 7.99. The summed E-state index contributed by atoms with van der Waals surface area (Å²) in [6.07, 6.45) is 8.30. The molecule has 1 aliphatic heterocycles. The lowest BCUT2D eigenvalue weighted by molar-refractivity contribution is -0.121. The van der Waals surface area contributed by atoms with E-state index in [0.717, 1.165) is 47.0 Å². The van der Waals surface area contributed by atoms with Crippen molar-refractivity contribution in [3.8, 4) is 0 Å². The molecule has 1 aliphatic rings. The number of benzene rings is 1. The zero-order valence-corrected chi connectivity index (χ0v) is 18.6. The van der Waals surface area contributed by atoms with Crippen molar-refractivity contribution in [2.45, 2.75) is 38.8 Å². The molecule has 32 heavy (non-hydrogen) atoms. The Balaban J connectivity index is 1.24. The van der Waals surface area contributed by atoms with E-state index in [9.17, 15) is 9.59 Å². The van der Waals surface area contributed by atoms with Crippen molar-refractivity contribution >= 4 is 45.2 Å². The van der Waals surface area contributed by atoms with Gasteiger partial charge in [-0.2, -0.15) is 5.10 Å². The van der Waals surface area contributed by atoms with E-state index in [2.05, 4.69) is 25.3 Å². The summed E-state index contributed by atoms with van der Waals surface area (Å²) < 4.78 is 3.51. The van der Waals surface area contributed by atoms with Crippen molar-refractivity contribution in [1.82, 2.24) is 29.0 Å². The first kappa shape index (κ1) is 20.6. The molecule has 4 aromatic rings. The fourth-order valence-electron chi connectivity index (χ4n) is 4.25. The molecule has 5 rings (SSSR count). The van der Waals surface area contributed by atoms with E-state index in [-0.39, 0.29) is 17.2 Å². The molecule has 4 heterocycles. The normalized spacial score (nSPS) is 14.7. The van der Waals surface area contributed by atoms with Crippen LogP contribution in [-0.2, 0) is 17.9 Å². The number of anilines is 1. The molecular weight excluding hydrogens is 426 g/mol. The number of rotatable bonds is 6. The number of nitrogens with zero attached hydrogens (tertiary/aromatic N) is 6. The first-order valence-electron chi connectivity index (χ1n) is 11.0. The van der Waals surface area contributed by atoms with Crippen LogP contribution in [0.15, 0.2) is 41.6 Å². The van der Waals surface area contributed by atoms with Crippen LogP contribution in [0.25, 0.3) is 21.9 Å². The van der Waals surface area contributed by atoms with Gasteiger partial charge in [0, 0.05) is 19.6 Å². The van der Waals surface area contributed by atoms with E-state index < -0.39 is 0 Å². The van der Waals surface area contributed by atoms with Crippen molar-refractivity contribution < 1.29 is 4.79 Å². The highest BCUT2D eigenvalue weighted by Gasteiger charge is 2.17. The van der Waals surface area contributed by atoms with Gasteiger partial charge in [-0.05, 0) is 36.5 Å². The fraction of sp³-hybridized carbons (Fsp3) is 0.409. The third-order valence-corrected chi connectivity index (χ3v) is 6.77. The summed E-state index contributed by atoms with van der Waals surface area (Å²) in [6.45, 7) is 3.07. The number of fused-ring (bicyclic) bond motifs is 2. The number of carbonyl (C=O) groups excluding carboxylic acids is 1. The van der Waals surface area contributed by atoms with Crippen molar-refractivity contribution in [3.05, 3.63) is 46.3 Å². The molecule has 1 fully saturated rings. The summed E-state index contributed by atoms with van der Waals surface area (Å²) in [7, 11) is 0. The van der Waals surface area contributed by atoms with Gasteiger partial charge in [0.1, 0.15) is 18.7 Å². The number of para-hydroxylation sites is 1. The lowest BCUT2D eigenvalue weighted by atomic mass is 10.2. The van der Waals surface area contributed by atoms with Gasteiger partial charge in [-0.1, -0.05) is 25.0 Å². The molecule has 3 aromatic heterocycles. The van der Waals surface area contributed by atoms with Crippen LogP contribution >= 0.6 is 11.5 Å². The van der Waals surface area contributed by atoms with E-state index in [1.165, 1.54) is 25.7 Å². The zero-order chi connectivity index (χ0) is 21.9. The molecule has 0 aliphatic carbocycles. The van der Waals surface area contributed by atoms with Gasteiger partial charge in [0.25, 0.3) is 4.74 Å². The highest BCUT2D eigenvalue weighted by molar-refractivity contribution is 7.05. The largest absolute Gasteiger partial charge is 0.356 e. The Hall–Kier alpha value is -3.27. The van der Waals surface area contributed by atoms with Gasteiger partial charge in [-0.15, -0.1) is 0 Å². The van der Waals surface area contributed by atoms with Gasteiger partial charge in [0.05, 0.1) is 29.0 Å². The Kier molecular flexibility index (Phi) is 5.85. The zero-order valence-electron chi connectivity index (χ0n) is 17.7. The van der Waals surface area contributed by atoms with E-state index in [1.807, 2.05) is 29.1 Å². The second kappa shape index (κ2) is 9.07. The topological polar surface area (TPSA) is 97.9 Å². The minimum atomic E-state index is -0.140.